The summed E-state index contributed by atoms with van der Waals surface area (Å²) >= 11 is 0. The molecule has 2 saturated heterocycles. The molecule has 3 atom stereocenters. The highest BCUT2D eigenvalue weighted by atomic mass is 19.1. The minimum absolute atomic E-state index is 0.168. The third kappa shape index (κ3) is 3.82. The highest BCUT2D eigenvalue weighted by molar-refractivity contribution is 5.20. The number of hydrogen-bond acceptors (Lipinski definition) is 3. The lowest BCUT2D eigenvalue weighted by molar-refractivity contribution is -0.0390. The van der Waals surface area contributed by atoms with E-state index in [0.717, 1.165) is 32.6 Å². The summed E-state index contributed by atoms with van der Waals surface area (Å²) in [5.41, 5.74) is 1.18. The van der Waals surface area contributed by atoms with Crippen molar-refractivity contribution >= 4 is 0 Å². The lowest BCUT2D eigenvalue weighted by atomic mass is 10.0. The Bertz CT molecular complexity index is 439. The van der Waals surface area contributed by atoms with Crippen LogP contribution in [0.15, 0.2) is 24.3 Å². The molecule has 2 fully saturated rings. The van der Waals surface area contributed by atoms with E-state index in [1.807, 2.05) is 12.1 Å². The van der Waals surface area contributed by atoms with Crippen molar-refractivity contribution in [2.24, 2.45) is 0 Å². The van der Waals surface area contributed by atoms with Gasteiger partial charge in [0.1, 0.15) is 5.82 Å². The molecule has 0 aromatic heterocycles. The van der Waals surface area contributed by atoms with Crippen LogP contribution in [0.3, 0.4) is 0 Å². The van der Waals surface area contributed by atoms with E-state index >= 15 is 0 Å². The maximum absolute atomic E-state index is 13.1. The van der Waals surface area contributed by atoms with Crippen molar-refractivity contribution in [3.63, 3.8) is 0 Å². The normalized spacial score (nSPS) is 27.0. The zero-order chi connectivity index (χ0) is 14.7. The van der Waals surface area contributed by atoms with Crippen LogP contribution in [0.2, 0.25) is 0 Å². The average molecular weight is 292 g/mol. The Kier molecular flexibility index (Phi) is 4.88. The second kappa shape index (κ2) is 6.86. The molecule has 0 radical (unpaired) electrons. The molecule has 3 unspecified atom stereocenters. The highest BCUT2D eigenvalue weighted by Gasteiger charge is 2.33. The zero-order valence-corrected chi connectivity index (χ0v) is 12.7. The molecule has 1 N–H and O–H groups in total. The van der Waals surface area contributed by atoms with E-state index in [2.05, 4.69) is 17.1 Å². The number of fused-ring (bicyclic) bond motifs is 2. The summed E-state index contributed by atoms with van der Waals surface area (Å²) in [6, 6.07) is 7.19. The van der Waals surface area contributed by atoms with Crippen molar-refractivity contribution in [2.75, 3.05) is 26.2 Å². The quantitative estimate of drug-likeness (QED) is 0.872. The van der Waals surface area contributed by atoms with E-state index in [9.17, 15) is 4.39 Å². The Morgan fingerprint density at radius 3 is 2.52 bits per heavy atom. The van der Waals surface area contributed by atoms with Gasteiger partial charge in [-0.15, -0.1) is 0 Å². The van der Waals surface area contributed by atoms with Gasteiger partial charge in [-0.1, -0.05) is 19.1 Å². The smallest absolute Gasteiger partial charge is 0.123 e. The largest absolute Gasteiger partial charge is 0.372 e. The SMILES string of the molecule is CCNC(CCN1CC2CCC(C1)O2)c1ccc(F)cc1. The van der Waals surface area contributed by atoms with Gasteiger partial charge >= 0.3 is 0 Å². The fourth-order valence-corrected chi connectivity index (χ4v) is 3.52. The predicted octanol–water partition coefficient (Wildman–Crippen LogP) is 2.73. The van der Waals surface area contributed by atoms with Crippen LogP contribution in [0, 0.1) is 5.82 Å². The maximum Gasteiger partial charge on any atom is 0.123 e. The van der Waals surface area contributed by atoms with Crippen molar-refractivity contribution in [2.45, 2.75) is 44.4 Å². The number of benzene rings is 1. The molecule has 0 aliphatic carbocycles. The van der Waals surface area contributed by atoms with E-state index < -0.39 is 0 Å². The van der Waals surface area contributed by atoms with Gasteiger partial charge in [0.05, 0.1) is 12.2 Å². The van der Waals surface area contributed by atoms with Crippen LogP contribution in [-0.2, 0) is 4.74 Å². The molecular formula is C17H25FN2O. The second-order valence-corrected chi connectivity index (χ2v) is 6.17. The topological polar surface area (TPSA) is 24.5 Å². The minimum Gasteiger partial charge on any atom is -0.372 e. The van der Waals surface area contributed by atoms with Gasteiger partial charge in [0, 0.05) is 25.7 Å². The van der Waals surface area contributed by atoms with E-state index in [0.29, 0.717) is 18.2 Å². The molecule has 0 saturated carbocycles. The molecule has 0 amide bonds. The summed E-state index contributed by atoms with van der Waals surface area (Å²) in [7, 11) is 0. The molecule has 2 bridgehead atoms. The molecule has 2 aliphatic rings. The fourth-order valence-electron chi connectivity index (χ4n) is 3.52. The van der Waals surface area contributed by atoms with Crippen molar-refractivity contribution < 1.29 is 9.13 Å². The average Bonchev–Trinajstić information content (AvgIpc) is 2.83. The van der Waals surface area contributed by atoms with Crippen molar-refractivity contribution in [3.8, 4) is 0 Å². The van der Waals surface area contributed by atoms with Gasteiger partial charge in [-0.05, 0) is 43.5 Å². The number of nitrogens with zero attached hydrogens (tertiary/aromatic N) is 1. The molecule has 2 heterocycles. The molecule has 1 aromatic carbocycles. The first-order chi connectivity index (χ1) is 10.2. The first-order valence-corrected chi connectivity index (χ1v) is 8.11. The predicted molar refractivity (Wildman–Crippen MR) is 81.8 cm³/mol. The standard InChI is InChI=1S/C17H25FN2O/c1-2-19-17(13-3-5-14(18)6-4-13)9-10-20-11-15-7-8-16(12-20)21-15/h3-6,15-17,19H,2,7-12H2,1H3. The molecular weight excluding hydrogens is 267 g/mol. The molecule has 3 rings (SSSR count). The second-order valence-electron chi connectivity index (χ2n) is 6.17. The Hall–Kier alpha value is -0.970. The molecule has 116 valence electrons. The lowest BCUT2D eigenvalue weighted by Gasteiger charge is -2.33. The number of ether oxygens (including phenoxy) is 1. The minimum atomic E-state index is -0.168. The summed E-state index contributed by atoms with van der Waals surface area (Å²) < 4.78 is 18.9. The van der Waals surface area contributed by atoms with E-state index in [1.54, 1.807) is 12.1 Å². The van der Waals surface area contributed by atoms with Gasteiger partial charge < -0.3 is 10.1 Å². The van der Waals surface area contributed by atoms with Crippen LogP contribution in [0.1, 0.15) is 37.8 Å². The highest BCUT2D eigenvalue weighted by Crippen LogP contribution is 2.27. The molecule has 3 nitrogen and oxygen atoms in total. The lowest BCUT2D eigenvalue weighted by Crippen LogP contribution is -2.43. The van der Waals surface area contributed by atoms with E-state index in [-0.39, 0.29) is 5.82 Å². The van der Waals surface area contributed by atoms with Crippen LogP contribution in [0.4, 0.5) is 4.39 Å². The van der Waals surface area contributed by atoms with Crippen LogP contribution in [0.5, 0.6) is 0 Å². The number of likely N-dealkylation sites (tertiary alicyclic amines) is 1. The summed E-state index contributed by atoms with van der Waals surface area (Å²) in [5, 5.41) is 3.52. The third-order valence-corrected chi connectivity index (χ3v) is 4.58. The Morgan fingerprint density at radius 2 is 1.90 bits per heavy atom. The van der Waals surface area contributed by atoms with Gasteiger partial charge in [0.25, 0.3) is 0 Å². The Morgan fingerprint density at radius 1 is 1.24 bits per heavy atom. The van der Waals surface area contributed by atoms with Crippen LogP contribution < -0.4 is 5.32 Å². The van der Waals surface area contributed by atoms with Gasteiger partial charge in [0.2, 0.25) is 0 Å². The van der Waals surface area contributed by atoms with Gasteiger partial charge in [-0.25, -0.2) is 4.39 Å². The number of nitrogens with one attached hydrogen (secondary N) is 1. The van der Waals surface area contributed by atoms with Crippen molar-refractivity contribution in [1.82, 2.24) is 10.2 Å². The fraction of sp³-hybridized carbons (Fsp3) is 0.647. The molecule has 2 aliphatic heterocycles. The third-order valence-electron chi connectivity index (χ3n) is 4.58. The Labute approximate surface area is 126 Å². The van der Waals surface area contributed by atoms with Gasteiger partial charge in [0.15, 0.2) is 0 Å². The number of halogens is 1. The summed E-state index contributed by atoms with van der Waals surface area (Å²) in [6.07, 6.45) is 4.39. The van der Waals surface area contributed by atoms with Crippen molar-refractivity contribution in [3.05, 3.63) is 35.6 Å². The summed E-state index contributed by atoms with van der Waals surface area (Å²) in [6.45, 7) is 6.25. The van der Waals surface area contributed by atoms with Crippen LogP contribution >= 0.6 is 0 Å². The van der Waals surface area contributed by atoms with Crippen molar-refractivity contribution in [1.29, 1.82) is 0 Å². The summed E-state index contributed by atoms with van der Waals surface area (Å²) in [5.74, 6) is -0.168. The zero-order valence-electron chi connectivity index (χ0n) is 12.7. The first kappa shape index (κ1) is 14.9. The summed E-state index contributed by atoms with van der Waals surface area (Å²) in [4.78, 5) is 2.53. The van der Waals surface area contributed by atoms with Crippen LogP contribution in [0.25, 0.3) is 0 Å². The Balaban J connectivity index is 1.56. The van der Waals surface area contributed by atoms with E-state index in [4.69, 9.17) is 4.74 Å². The maximum atomic E-state index is 13.1. The van der Waals surface area contributed by atoms with E-state index in [1.165, 1.54) is 18.4 Å². The number of rotatable bonds is 6. The molecule has 1 aromatic rings. The molecule has 21 heavy (non-hydrogen) atoms. The monoisotopic (exact) mass is 292 g/mol. The van der Waals surface area contributed by atoms with Crippen LogP contribution in [-0.4, -0.2) is 43.3 Å². The molecule has 4 heteroatoms. The molecule has 0 spiro atoms. The first-order valence-electron chi connectivity index (χ1n) is 8.11. The number of hydrogen-bond donors (Lipinski definition) is 1. The van der Waals surface area contributed by atoms with Gasteiger partial charge in [-0.2, -0.15) is 0 Å². The van der Waals surface area contributed by atoms with Gasteiger partial charge in [-0.3, -0.25) is 4.90 Å². The number of morpholine rings is 1.